The Bertz CT molecular complexity index is 537. The third kappa shape index (κ3) is 3.98. The number of nitrogens with one attached hydrogen (secondary N) is 1. The van der Waals surface area contributed by atoms with E-state index < -0.39 is 0 Å². The molecule has 0 spiro atoms. The van der Waals surface area contributed by atoms with Crippen molar-refractivity contribution in [2.75, 3.05) is 33.9 Å². The lowest BCUT2D eigenvalue weighted by molar-refractivity contribution is -0.148. The Morgan fingerprint density at radius 1 is 1.14 bits per heavy atom. The fourth-order valence-corrected chi connectivity index (χ4v) is 2.41. The number of hydrogen-bond acceptors (Lipinski definition) is 6. The summed E-state index contributed by atoms with van der Waals surface area (Å²) in [4.78, 5) is 24.0. The number of esters is 1. The van der Waals surface area contributed by atoms with Crippen LogP contribution in [0.1, 0.15) is 23.2 Å². The maximum Gasteiger partial charge on any atom is 0.309 e. The van der Waals surface area contributed by atoms with Crippen LogP contribution in [0.4, 0.5) is 0 Å². The summed E-state index contributed by atoms with van der Waals surface area (Å²) in [5.74, 6) is 0.349. The molecular weight excluding hydrogens is 286 g/mol. The first-order chi connectivity index (χ1) is 10.7. The summed E-state index contributed by atoms with van der Waals surface area (Å²) in [6, 6.07) is 4.86. The molecule has 2 rings (SSSR count). The van der Waals surface area contributed by atoms with Crippen molar-refractivity contribution in [1.82, 2.24) is 5.32 Å². The fraction of sp³-hybridized carbons (Fsp3) is 0.500. The van der Waals surface area contributed by atoms with Crippen LogP contribution in [-0.4, -0.2) is 45.7 Å². The second-order valence-electron chi connectivity index (χ2n) is 5.12. The van der Waals surface area contributed by atoms with Crippen molar-refractivity contribution in [3.63, 3.8) is 0 Å². The average Bonchev–Trinajstić information content (AvgIpc) is 2.59. The van der Waals surface area contributed by atoms with E-state index in [1.54, 1.807) is 18.2 Å². The highest BCUT2D eigenvalue weighted by molar-refractivity contribution is 5.98. The van der Waals surface area contributed by atoms with E-state index in [1.807, 2.05) is 0 Å². The molecule has 1 aromatic rings. The lowest BCUT2D eigenvalue weighted by Gasteiger charge is -2.20. The van der Waals surface area contributed by atoms with Gasteiger partial charge in [-0.25, -0.2) is 0 Å². The highest BCUT2D eigenvalue weighted by atomic mass is 16.5. The van der Waals surface area contributed by atoms with Crippen LogP contribution in [0.5, 0.6) is 11.5 Å². The maximum absolute atomic E-state index is 12.1. The zero-order valence-corrected chi connectivity index (χ0v) is 12.9. The van der Waals surface area contributed by atoms with Gasteiger partial charge >= 0.3 is 5.97 Å². The monoisotopic (exact) mass is 307 g/mol. The highest BCUT2D eigenvalue weighted by Gasteiger charge is 2.23. The van der Waals surface area contributed by atoms with Gasteiger partial charge in [0.1, 0.15) is 0 Å². The number of methoxy groups -OCH3 is 2. The molecule has 1 aliphatic heterocycles. The zero-order chi connectivity index (χ0) is 15.9. The number of benzene rings is 1. The average molecular weight is 307 g/mol. The molecule has 0 radical (unpaired) electrons. The largest absolute Gasteiger partial charge is 0.493 e. The molecule has 6 nitrogen and oxygen atoms in total. The molecule has 1 heterocycles. The fourth-order valence-electron chi connectivity index (χ4n) is 2.41. The number of piperidine rings is 1. The second-order valence-corrected chi connectivity index (χ2v) is 5.12. The van der Waals surface area contributed by atoms with Gasteiger partial charge in [-0.2, -0.15) is 0 Å². The summed E-state index contributed by atoms with van der Waals surface area (Å²) in [5, 5.41) is 3.18. The van der Waals surface area contributed by atoms with Gasteiger partial charge in [0.25, 0.3) is 0 Å². The van der Waals surface area contributed by atoms with Gasteiger partial charge in [-0.15, -0.1) is 0 Å². The topological polar surface area (TPSA) is 73.9 Å². The molecule has 0 amide bonds. The third-order valence-corrected chi connectivity index (χ3v) is 3.72. The van der Waals surface area contributed by atoms with E-state index in [0.717, 1.165) is 25.9 Å². The van der Waals surface area contributed by atoms with Crippen LogP contribution in [0, 0.1) is 5.92 Å². The van der Waals surface area contributed by atoms with E-state index in [4.69, 9.17) is 14.2 Å². The van der Waals surface area contributed by atoms with E-state index in [2.05, 4.69) is 5.32 Å². The SMILES string of the molecule is COc1ccc(C(=O)COC(=O)C2CCNCC2)cc1OC. The molecule has 0 aliphatic carbocycles. The van der Waals surface area contributed by atoms with E-state index >= 15 is 0 Å². The van der Waals surface area contributed by atoms with Crippen LogP contribution in [0.3, 0.4) is 0 Å². The number of rotatable bonds is 6. The quantitative estimate of drug-likeness (QED) is 0.633. The summed E-state index contributed by atoms with van der Waals surface area (Å²) in [6.07, 6.45) is 1.51. The first kappa shape index (κ1) is 16.3. The number of carbonyl (C=O) groups is 2. The molecule has 1 aliphatic rings. The summed E-state index contributed by atoms with van der Waals surface area (Å²) in [5.41, 5.74) is 0.427. The molecule has 0 bridgehead atoms. The van der Waals surface area contributed by atoms with Crippen molar-refractivity contribution in [2.45, 2.75) is 12.8 Å². The van der Waals surface area contributed by atoms with Crippen molar-refractivity contribution in [2.24, 2.45) is 5.92 Å². The molecule has 1 aromatic carbocycles. The van der Waals surface area contributed by atoms with Crippen molar-refractivity contribution >= 4 is 11.8 Å². The van der Waals surface area contributed by atoms with Gasteiger partial charge in [0.2, 0.25) is 0 Å². The van der Waals surface area contributed by atoms with Gasteiger partial charge in [-0.1, -0.05) is 0 Å². The van der Waals surface area contributed by atoms with E-state index in [0.29, 0.717) is 17.1 Å². The first-order valence-electron chi connectivity index (χ1n) is 7.28. The predicted molar refractivity (Wildman–Crippen MR) is 80.4 cm³/mol. The third-order valence-electron chi connectivity index (χ3n) is 3.72. The minimum Gasteiger partial charge on any atom is -0.493 e. The number of hydrogen-bond donors (Lipinski definition) is 1. The Morgan fingerprint density at radius 2 is 1.82 bits per heavy atom. The summed E-state index contributed by atoms with van der Waals surface area (Å²) < 4.78 is 15.4. The van der Waals surface area contributed by atoms with E-state index in [9.17, 15) is 9.59 Å². The van der Waals surface area contributed by atoms with Crippen LogP contribution in [0.15, 0.2) is 18.2 Å². The molecule has 1 fully saturated rings. The molecule has 22 heavy (non-hydrogen) atoms. The molecule has 0 saturated carbocycles. The summed E-state index contributed by atoms with van der Waals surface area (Å²) in [7, 11) is 3.03. The Morgan fingerprint density at radius 3 is 2.45 bits per heavy atom. The van der Waals surface area contributed by atoms with Gasteiger partial charge in [-0.3, -0.25) is 9.59 Å². The van der Waals surface area contributed by atoms with Crippen LogP contribution >= 0.6 is 0 Å². The number of Topliss-reactive ketones (excluding diaryl/α,β-unsaturated/α-hetero) is 1. The lowest BCUT2D eigenvalue weighted by Crippen LogP contribution is -2.33. The van der Waals surface area contributed by atoms with E-state index in [-0.39, 0.29) is 24.3 Å². The molecular formula is C16H21NO5. The smallest absolute Gasteiger partial charge is 0.309 e. The molecule has 1 saturated heterocycles. The molecule has 0 atom stereocenters. The van der Waals surface area contributed by atoms with E-state index in [1.165, 1.54) is 14.2 Å². The standard InChI is InChI=1S/C16H21NO5/c1-20-14-4-3-12(9-15(14)21-2)13(18)10-22-16(19)11-5-7-17-8-6-11/h3-4,9,11,17H,5-8,10H2,1-2H3. The van der Waals surface area contributed by atoms with Crippen molar-refractivity contribution in [3.05, 3.63) is 23.8 Å². The number of carbonyl (C=O) groups excluding carboxylic acids is 2. The maximum atomic E-state index is 12.1. The van der Waals surface area contributed by atoms with Gasteiger partial charge in [0, 0.05) is 5.56 Å². The molecule has 1 N–H and O–H groups in total. The van der Waals surface area contributed by atoms with Crippen LogP contribution in [0.25, 0.3) is 0 Å². The highest BCUT2D eigenvalue weighted by Crippen LogP contribution is 2.27. The zero-order valence-electron chi connectivity index (χ0n) is 12.9. The van der Waals surface area contributed by atoms with Crippen LogP contribution in [0.2, 0.25) is 0 Å². The summed E-state index contributed by atoms with van der Waals surface area (Å²) >= 11 is 0. The van der Waals surface area contributed by atoms with Gasteiger partial charge < -0.3 is 19.5 Å². The van der Waals surface area contributed by atoms with Crippen molar-refractivity contribution < 1.29 is 23.8 Å². The normalized spacial score (nSPS) is 15.2. The molecule has 0 unspecified atom stereocenters. The number of ether oxygens (including phenoxy) is 3. The van der Waals surface area contributed by atoms with Crippen LogP contribution in [-0.2, 0) is 9.53 Å². The van der Waals surface area contributed by atoms with Gasteiger partial charge in [0.05, 0.1) is 20.1 Å². The Labute approximate surface area is 129 Å². The Hall–Kier alpha value is -2.08. The lowest BCUT2D eigenvalue weighted by atomic mass is 9.98. The second kappa shape index (κ2) is 7.79. The van der Waals surface area contributed by atoms with Crippen molar-refractivity contribution in [3.8, 4) is 11.5 Å². The minimum atomic E-state index is -0.296. The van der Waals surface area contributed by atoms with Gasteiger partial charge in [-0.05, 0) is 44.1 Å². The predicted octanol–water partition coefficient (Wildman–Crippen LogP) is 1.43. The Balaban J connectivity index is 1.93. The minimum absolute atomic E-state index is 0.112. The Kier molecular flexibility index (Phi) is 5.77. The first-order valence-corrected chi connectivity index (χ1v) is 7.28. The molecule has 0 aromatic heterocycles. The van der Waals surface area contributed by atoms with Gasteiger partial charge in [0.15, 0.2) is 23.9 Å². The number of ketones is 1. The summed E-state index contributed by atoms with van der Waals surface area (Å²) in [6.45, 7) is 1.37. The molecule has 6 heteroatoms. The van der Waals surface area contributed by atoms with Crippen molar-refractivity contribution in [1.29, 1.82) is 0 Å². The molecule has 120 valence electrons. The van der Waals surface area contributed by atoms with Crippen LogP contribution < -0.4 is 14.8 Å².